The van der Waals surface area contributed by atoms with Gasteiger partial charge in [-0.2, -0.15) is 0 Å². The molecule has 170 valence electrons. The number of methoxy groups -OCH3 is 1. The lowest BCUT2D eigenvalue weighted by Crippen LogP contribution is -2.42. The largest absolute Gasteiger partial charge is 0.497 e. The summed E-state index contributed by atoms with van der Waals surface area (Å²) in [4.78, 5) is 27.7. The highest BCUT2D eigenvalue weighted by Gasteiger charge is 2.29. The fourth-order valence-electron chi connectivity index (χ4n) is 3.76. The minimum atomic E-state index is -0.778. The van der Waals surface area contributed by atoms with Crippen LogP contribution in [-0.2, 0) is 22.7 Å². The summed E-state index contributed by atoms with van der Waals surface area (Å²) < 4.78 is 16.0. The molecule has 7 heteroatoms. The van der Waals surface area contributed by atoms with Crippen molar-refractivity contribution in [3.05, 3.63) is 89.5 Å². The lowest BCUT2D eigenvalue weighted by molar-refractivity contribution is -0.140. The van der Waals surface area contributed by atoms with Gasteiger partial charge in [-0.3, -0.25) is 9.59 Å². The molecule has 0 aromatic heterocycles. The minimum Gasteiger partial charge on any atom is -0.497 e. The van der Waals surface area contributed by atoms with E-state index in [-0.39, 0.29) is 25.2 Å². The van der Waals surface area contributed by atoms with Crippen LogP contribution in [0.5, 0.6) is 17.2 Å². The predicted octanol–water partition coefficient (Wildman–Crippen LogP) is 3.83. The van der Waals surface area contributed by atoms with Crippen LogP contribution in [0, 0.1) is 0 Å². The van der Waals surface area contributed by atoms with Gasteiger partial charge in [0.15, 0.2) is 11.5 Å². The average Bonchev–Trinajstić information content (AvgIpc) is 3.31. The zero-order valence-electron chi connectivity index (χ0n) is 18.6. The zero-order valence-corrected chi connectivity index (χ0v) is 18.6. The number of benzene rings is 3. The van der Waals surface area contributed by atoms with Crippen LogP contribution in [0.3, 0.4) is 0 Å². The molecule has 0 saturated heterocycles. The van der Waals surface area contributed by atoms with Gasteiger partial charge in [-0.1, -0.05) is 48.5 Å². The number of fused-ring (bicyclic) bond motifs is 1. The van der Waals surface area contributed by atoms with Gasteiger partial charge in [0.2, 0.25) is 18.6 Å². The molecule has 1 aliphatic heterocycles. The normalized spacial score (nSPS) is 12.7. The van der Waals surface area contributed by atoms with Crippen molar-refractivity contribution < 1.29 is 23.8 Å². The first-order chi connectivity index (χ1) is 16.0. The van der Waals surface area contributed by atoms with Gasteiger partial charge in [0.25, 0.3) is 0 Å². The molecule has 0 radical (unpaired) electrons. The summed E-state index contributed by atoms with van der Waals surface area (Å²) in [5.74, 6) is 1.62. The van der Waals surface area contributed by atoms with Crippen LogP contribution in [0.25, 0.3) is 0 Å². The Kier molecular flexibility index (Phi) is 6.78. The summed E-state index contributed by atoms with van der Waals surface area (Å²) in [5, 5.41) is 2.98. The van der Waals surface area contributed by atoms with Gasteiger partial charge in [0.1, 0.15) is 11.8 Å². The number of amides is 2. The van der Waals surface area contributed by atoms with E-state index in [0.29, 0.717) is 18.0 Å². The fourth-order valence-corrected chi connectivity index (χ4v) is 3.76. The van der Waals surface area contributed by atoms with Crippen molar-refractivity contribution in [1.29, 1.82) is 0 Å². The van der Waals surface area contributed by atoms with E-state index in [1.165, 1.54) is 6.92 Å². The van der Waals surface area contributed by atoms with Gasteiger partial charge in [-0.15, -0.1) is 0 Å². The second-order valence-electron chi connectivity index (χ2n) is 7.71. The number of carbonyl (C=O) groups excluding carboxylic acids is 2. The molecular weight excluding hydrogens is 420 g/mol. The summed E-state index contributed by atoms with van der Waals surface area (Å²) in [5.41, 5.74) is 2.52. The Hall–Kier alpha value is -4.00. The number of carbonyl (C=O) groups is 2. The van der Waals surface area contributed by atoms with Crippen molar-refractivity contribution >= 4 is 11.8 Å². The monoisotopic (exact) mass is 446 g/mol. The third-order valence-electron chi connectivity index (χ3n) is 5.50. The van der Waals surface area contributed by atoms with E-state index < -0.39 is 6.04 Å². The van der Waals surface area contributed by atoms with E-state index in [4.69, 9.17) is 14.2 Å². The lowest BCUT2D eigenvalue weighted by atomic mass is 10.0. The maximum atomic E-state index is 13.4. The minimum absolute atomic E-state index is 0.195. The summed E-state index contributed by atoms with van der Waals surface area (Å²) in [6, 6.07) is 21.5. The molecule has 3 aromatic carbocycles. The van der Waals surface area contributed by atoms with E-state index in [1.807, 2.05) is 72.8 Å². The van der Waals surface area contributed by atoms with Crippen LogP contribution in [0.15, 0.2) is 72.8 Å². The third kappa shape index (κ3) is 5.26. The lowest BCUT2D eigenvalue weighted by Gasteiger charge is -2.30. The molecule has 4 rings (SSSR count). The van der Waals surface area contributed by atoms with Crippen molar-refractivity contribution in [2.24, 2.45) is 0 Å². The molecule has 1 atom stereocenters. The SMILES string of the molecule is COc1ccc(CN(C(C)=O)[C@@H](C(=O)NCc2ccc3c(c2)OCO3)c2ccccc2)cc1. The fraction of sp³-hybridized carbons (Fsp3) is 0.231. The molecule has 2 amide bonds. The number of hydrogen-bond acceptors (Lipinski definition) is 5. The van der Waals surface area contributed by atoms with E-state index in [1.54, 1.807) is 12.0 Å². The maximum Gasteiger partial charge on any atom is 0.247 e. The van der Waals surface area contributed by atoms with E-state index in [9.17, 15) is 9.59 Å². The number of nitrogens with one attached hydrogen (secondary N) is 1. The second-order valence-corrected chi connectivity index (χ2v) is 7.71. The second kappa shape index (κ2) is 10.1. The molecule has 1 N–H and O–H groups in total. The molecule has 7 nitrogen and oxygen atoms in total. The van der Waals surface area contributed by atoms with Crippen LogP contribution in [-0.4, -0.2) is 30.6 Å². The molecule has 0 bridgehead atoms. The molecule has 0 aliphatic carbocycles. The highest BCUT2D eigenvalue weighted by atomic mass is 16.7. The van der Waals surface area contributed by atoms with Gasteiger partial charge < -0.3 is 24.4 Å². The molecule has 33 heavy (non-hydrogen) atoms. The van der Waals surface area contributed by atoms with E-state index >= 15 is 0 Å². The van der Waals surface area contributed by atoms with Crippen molar-refractivity contribution in [2.75, 3.05) is 13.9 Å². The zero-order chi connectivity index (χ0) is 23.2. The van der Waals surface area contributed by atoms with Crippen LogP contribution in [0.4, 0.5) is 0 Å². The smallest absolute Gasteiger partial charge is 0.247 e. The first kappa shape index (κ1) is 22.2. The number of rotatable bonds is 8. The first-order valence-corrected chi connectivity index (χ1v) is 10.7. The van der Waals surface area contributed by atoms with Crippen LogP contribution >= 0.6 is 0 Å². The Bertz CT molecular complexity index is 1120. The molecule has 0 saturated carbocycles. The molecule has 1 heterocycles. The van der Waals surface area contributed by atoms with Crippen LogP contribution < -0.4 is 19.5 Å². The van der Waals surface area contributed by atoms with Crippen molar-refractivity contribution in [3.8, 4) is 17.2 Å². The summed E-state index contributed by atoms with van der Waals surface area (Å²) in [6.07, 6.45) is 0. The van der Waals surface area contributed by atoms with Crippen molar-refractivity contribution in [2.45, 2.75) is 26.1 Å². The summed E-state index contributed by atoms with van der Waals surface area (Å²) in [7, 11) is 1.60. The molecule has 3 aromatic rings. The van der Waals surface area contributed by atoms with Gasteiger partial charge in [-0.25, -0.2) is 0 Å². The predicted molar refractivity (Wildman–Crippen MR) is 123 cm³/mol. The molecule has 1 aliphatic rings. The Labute approximate surface area is 192 Å². The first-order valence-electron chi connectivity index (χ1n) is 10.7. The third-order valence-corrected chi connectivity index (χ3v) is 5.50. The topological polar surface area (TPSA) is 77.1 Å². The Morgan fingerprint density at radius 1 is 0.970 bits per heavy atom. The van der Waals surface area contributed by atoms with Crippen LogP contribution in [0.2, 0.25) is 0 Å². The number of nitrogens with zero attached hydrogens (tertiary/aromatic N) is 1. The highest BCUT2D eigenvalue weighted by Crippen LogP contribution is 2.32. The van der Waals surface area contributed by atoms with Crippen LogP contribution in [0.1, 0.15) is 29.7 Å². The standard InChI is InChI=1S/C26H26N2O5/c1-18(29)28(16-19-8-11-22(31-2)12-9-19)25(21-6-4-3-5-7-21)26(30)27-15-20-10-13-23-24(14-20)33-17-32-23/h3-14,25H,15-17H2,1-2H3,(H,27,30)/t25-/m1/s1. The van der Waals surface area contributed by atoms with Crippen molar-refractivity contribution in [1.82, 2.24) is 10.2 Å². The van der Waals surface area contributed by atoms with Gasteiger partial charge in [0.05, 0.1) is 7.11 Å². The molecule has 0 spiro atoms. The van der Waals surface area contributed by atoms with Gasteiger partial charge in [-0.05, 0) is 41.0 Å². The summed E-state index contributed by atoms with van der Waals surface area (Å²) in [6.45, 7) is 2.26. The average molecular weight is 447 g/mol. The van der Waals surface area contributed by atoms with Crippen molar-refractivity contribution in [3.63, 3.8) is 0 Å². The number of ether oxygens (including phenoxy) is 3. The summed E-state index contributed by atoms with van der Waals surface area (Å²) >= 11 is 0. The van der Waals surface area contributed by atoms with Gasteiger partial charge in [0, 0.05) is 20.0 Å². The van der Waals surface area contributed by atoms with Gasteiger partial charge >= 0.3 is 0 Å². The Morgan fingerprint density at radius 3 is 2.36 bits per heavy atom. The Balaban J connectivity index is 1.56. The number of hydrogen-bond donors (Lipinski definition) is 1. The van der Waals surface area contributed by atoms with E-state index in [2.05, 4.69) is 5.32 Å². The van der Waals surface area contributed by atoms with E-state index in [0.717, 1.165) is 22.4 Å². The molecular formula is C26H26N2O5. The quantitative estimate of drug-likeness (QED) is 0.569. The Morgan fingerprint density at radius 2 is 1.67 bits per heavy atom. The maximum absolute atomic E-state index is 13.4. The highest BCUT2D eigenvalue weighted by molar-refractivity contribution is 5.88. The molecule has 0 unspecified atom stereocenters. The molecule has 0 fully saturated rings.